The molecule has 1 amide bonds. The molecule has 0 unspecified atom stereocenters. The number of terminal acetylenes is 1. The minimum Gasteiger partial charge on any atom is -0.481 e. The summed E-state index contributed by atoms with van der Waals surface area (Å²) >= 11 is 1.47. The zero-order chi connectivity index (χ0) is 22.7. The molecule has 1 atom stereocenters. The summed E-state index contributed by atoms with van der Waals surface area (Å²) in [7, 11) is 1.82. The van der Waals surface area contributed by atoms with Gasteiger partial charge in [-0.2, -0.15) is 4.98 Å². The third-order valence-corrected chi connectivity index (χ3v) is 6.50. The molecule has 4 rings (SSSR count). The van der Waals surface area contributed by atoms with E-state index in [1.54, 1.807) is 16.7 Å². The van der Waals surface area contributed by atoms with Gasteiger partial charge in [-0.1, -0.05) is 59.6 Å². The van der Waals surface area contributed by atoms with Crippen molar-refractivity contribution < 1.29 is 9.53 Å². The Bertz CT molecular complexity index is 1240. The molecule has 0 aliphatic carbocycles. The van der Waals surface area contributed by atoms with Crippen molar-refractivity contribution in [1.82, 2.24) is 9.55 Å². The summed E-state index contributed by atoms with van der Waals surface area (Å²) < 4.78 is 7.22. The van der Waals surface area contributed by atoms with Gasteiger partial charge in [0.15, 0.2) is 5.16 Å². The van der Waals surface area contributed by atoms with E-state index < -0.39 is 0 Å². The highest BCUT2D eigenvalue weighted by molar-refractivity contribution is 7.98. The molecule has 0 bridgehead atoms. The largest absolute Gasteiger partial charge is 0.481 e. The molecular weight excluding hydrogens is 422 g/mol. The van der Waals surface area contributed by atoms with E-state index in [0.29, 0.717) is 28.0 Å². The topological polar surface area (TPSA) is 73.2 Å². The predicted octanol–water partition coefficient (Wildman–Crippen LogP) is 3.87. The highest BCUT2D eigenvalue weighted by atomic mass is 32.2. The number of aryl methyl sites for hydroxylation is 1. The monoisotopic (exact) mass is 445 g/mol. The quantitative estimate of drug-likeness (QED) is 0.354. The van der Waals surface area contributed by atoms with Crippen LogP contribution in [0.4, 0.5) is 5.82 Å². The maximum atomic E-state index is 13.1. The number of carbonyl (C=O) groups is 1. The molecule has 6 nitrogen and oxygen atoms in total. The van der Waals surface area contributed by atoms with Crippen LogP contribution in [0.1, 0.15) is 34.6 Å². The standard InChI is InChI=1S/C25H23N3O3S/c1-4-13-31-19-11-9-18(10-12-19)20-14-21(29)26-23-22(20)24(30)27-25(28(23)3)32-15-17-7-5-16(2)6-8-17/h1,5-12,20H,13-15H2,2-3H3,(H,26,29)/t20-/m1/s1. The predicted molar refractivity (Wildman–Crippen MR) is 126 cm³/mol. The summed E-state index contributed by atoms with van der Waals surface area (Å²) in [6.07, 6.45) is 5.41. The van der Waals surface area contributed by atoms with Gasteiger partial charge >= 0.3 is 0 Å². The average molecular weight is 446 g/mol. The first-order valence-electron chi connectivity index (χ1n) is 10.2. The van der Waals surface area contributed by atoms with Gasteiger partial charge in [0, 0.05) is 25.1 Å². The van der Waals surface area contributed by atoms with Gasteiger partial charge in [-0.25, -0.2) is 0 Å². The molecule has 0 saturated carbocycles. The second-order valence-electron chi connectivity index (χ2n) is 7.66. The molecule has 1 aliphatic rings. The van der Waals surface area contributed by atoms with Crippen LogP contribution in [-0.2, 0) is 17.6 Å². The van der Waals surface area contributed by atoms with Gasteiger partial charge in [0.25, 0.3) is 5.56 Å². The summed E-state index contributed by atoms with van der Waals surface area (Å²) in [5.74, 6) is 3.74. The number of fused-ring (bicyclic) bond motifs is 1. The van der Waals surface area contributed by atoms with Gasteiger partial charge in [0.05, 0.1) is 5.56 Å². The second-order valence-corrected chi connectivity index (χ2v) is 8.60. The highest BCUT2D eigenvalue weighted by Crippen LogP contribution is 2.36. The summed E-state index contributed by atoms with van der Waals surface area (Å²) in [5, 5.41) is 3.44. The Morgan fingerprint density at radius 2 is 1.91 bits per heavy atom. The summed E-state index contributed by atoms with van der Waals surface area (Å²) in [6, 6.07) is 15.6. The minimum absolute atomic E-state index is 0.133. The van der Waals surface area contributed by atoms with E-state index in [9.17, 15) is 9.59 Å². The molecule has 1 N–H and O–H groups in total. The van der Waals surface area contributed by atoms with Crippen LogP contribution < -0.4 is 15.6 Å². The lowest BCUT2D eigenvalue weighted by atomic mass is 9.87. The van der Waals surface area contributed by atoms with E-state index >= 15 is 0 Å². The van der Waals surface area contributed by atoms with E-state index in [1.807, 2.05) is 26.1 Å². The van der Waals surface area contributed by atoms with Crippen LogP contribution in [0.5, 0.6) is 5.75 Å². The Morgan fingerprint density at radius 1 is 1.19 bits per heavy atom. The Kier molecular flexibility index (Phi) is 6.33. The van der Waals surface area contributed by atoms with Gasteiger partial charge in [-0.3, -0.25) is 9.59 Å². The first kappa shape index (κ1) is 21.7. The lowest BCUT2D eigenvalue weighted by molar-refractivity contribution is -0.116. The van der Waals surface area contributed by atoms with Crippen LogP contribution in [0.25, 0.3) is 0 Å². The number of nitrogens with zero attached hydrogens (tertiary/aromatic N) is 2. The second kappa shape index (κ2) is 9.33. The molecule has 1 aliphatic heterocycles. The van der Waals surface area contributed by atoms with Crippen molar-refractivity contribution in [3.8, 4) is 18.1 Å². The number of ether oxygens (including phenoxy) is 1. The van der Waals surface area contributed by atoms with Gasteiger partial charge in [0.1, 0.15) is 18.2 Å². The number of anilines is 1. The molecule has 1 aromatic heterocycles. The molecular formula is C25H23N3O3S. The number of nitrogens with one attached hydrogen (secondary N) is 1. The molecule has 0 radical (unpaired) electrons. The molecule has 7 heteroatoms. The summed E-state index contributed by atoms with van der Waals surface area (Å²) in [6.45, 7) is 2.23. The molecule has 2 aromatic carbocycles. The normalized spacial score (nSPS) is 14.9. The number of hydrogen-bond donors (Lipinski definition) is 1. The average Bonchev–Trinajstić information content (AvgIpc) is 2.80. The fraction of sp³-hybridized carbons (Fsp3) is 0.240. The Morgan fingerprint density at radius 3 is 2.59 bits per heavy atom. The van der Waals surface area contributed by atoms with Crippen LogP contribution in [0.3, 0.4) is 0 Å². The number of amides is 1. The first-order valence-corrected chi connectivity index (χ1v) is 11.2. The number of hydrogen-bond acceptors (Lipinski definition) is 5. The molecule has 0 fully saturated rings. The summed E-state index contributed by atoms with van der Waals surface area (Å²) in [4.78, 5) is 29.9. The summed E-state index contributed by atoms with van der Waals surface area (Å²) in [5.41, 5.74) is 3.38. The molecule has 0 saturated heterocycles. The number of carbonyl (C=O) groups excluding carboxylic acids is 1. The molecule has 162 valence electrons. The highest BCUT2D eigenvalue weighted by Gasteiger charge is 2.32. The van der Waals surface area contributed by atoms with E-state index in [1.165, 1.54) is 17.3 Å². The van der Waals surface area contributed by atoms with Crippen molar-refractivity contribution >= 4 is 23.5 Å². The van der Waals surface area contributed by atoms with Crippen LogP contribution in [-0.4, -0.2) is 22.1 Å². The van der Waals surface area contributed by atoms with Gasteiger partial charge < -0.3 is 14.6 Å². The van der Waals surface area contributed by atoms with Crippen molar-refractivity contribution in [2.45, 2.75) is 30.2 Å². The number of aromatic nitrogens is 2. The lowest BCUT2D eigenvalue weighted by Crippen LogP contribution is -2.33. The number of rotatable bonds is 6. The zero-order valence-corrected chi connectivity index (χ0v) is 18.7. The van der Waals surface area contributed by atoms with Crippen LogP contribution in [0.2, 0.25) is 0 Å². The van der Waals surface area contributed by atoms with E-state index in [-0.39, 0.29) is 30.4 Å². The van der Waals surface area contributed by atoms with Crippen molar-refractivity contribution in [1.29, 1.82) is 0 Å². The smallest absolute Gasteiger partial charge is 0.279 e. The third-order valence-electron chi connectivity index (χ3n) is 5.39. The molecule has 3 aromatic rings. The van der Waals surface area contributed by atoms with Crippen LogP contribution in [0.15, 0.2) is 58.5 Å². The van der Waals surface area contributed by atoms with E-state index in [4.69, 9.17) is 11.2 Å². The van der Waals surface area contributed by atoms with E-state index in [2.05, 4.69) is 40.5 Å². The molecule has 2 heterocycles. The van der Waals surface area contributed by atoms with Crippen molar-refractivity contribution in [2.24, 2.45) is 7.05 Å². The Labute approximate surface area is 191 Å². The number of thioether (sulfide) groups is 1. The van der Waals surface area contributed by atoms with Crippen molar-refractivity contribution in [3.63, 3.8) is 0 Å². The maximum Gasteiger partial charge on any atom is 0.279 e. The minimum atomic E-state index is -0.372. The SMILES string of the molecule is C#CCOc1ccc([C@H]2CC(=O)Nc3c2c(=O)nc(SCc2ccc(C)cc2)n3C)cc1. The van der Waals surface area contributed by atoms with Gasteiger partial charge in [0.2, 0.25) is 5.91 Å². The fourth-order valence-corrected chi connectivity index (χ4v) is 4.62. The third kappa shape index (κ3) is 4.56. The van der Waals surface area contributed by atoms with Gasteiger partial charge in [-0.05, 0) is 30.2 Å². The Balaban J connectivity index is 1.64. The van der Waals surface area contributed by atoms with Crippen LogP contribution in [0, 0.1) is 19.3 Å². The first-order chi connectivity index (χ1) is 15.5. The fourth-order valence-electron chi connectivity index (χ4n) is 3.70. The molecule has 32 heavy (non-hydrogen) atoms. The molecule has 0 spiro atoms. The van der Waals surface area contributed by atoms with Gasteiger partial charge in [-0.15, -0.1) is 6.42 Å². The number of benzene rings is 2. The Hall–Kier alpha value is -3.50. The van der Waals surface area contributed by atoms with Crippen LogP contribution >= 0.6 is 11.8 Å². The maximum absolute atomic E-state index is 13.1. The lowest BCUT2D eigenvalue weighted by Gasteiger charge is -2.27. The zero-order valence-electron chi connectivity index (χ0n) is 17.9. The van der Waals surface area contributed by atoms with Crippen molar-refractivity contribution in [3.05, 3.63) is 81.1 Å². The van der Waals surface area contributed by atoms with Crippen molar-refractivity contribution in [2.75, 3.05) is 11.9 Å². The van der Waals surface area contributed by atoms with E-state index in [0.717, 1.165) is 11.1 Å².